The number of hydrogen-bond acceptors (Lipinski definition) is 10. The predicted molar refractivity (Wildman–Crippen MR) is 184 cm³/mol. The third kappa shape index (κ3) is 11.8. The van der Waals surface area contributed by atoms with Crippen molar-refractivity contribution >= 4 is 36.1 Å². The van der Waals surface area contributed by atoms with E-state index >= 15 is 0 Å². The number of anilines is 1. The molecule has 1 atom stereocenters. The van der Waals surface area contributed by atoms with Gasteiger partial charge in [0.2, 0.25) is 11.8 Å². The van der Waals surface area contributed by atoms with E-state index in [9.17, 15) is 14.4 Å². The molecule has 3 heterocycles. The number of carbonyl (C=O) groups is 2. The van der Waals surface area contributed by atoms with E-state index in [1.54, 1.807) is 24.3 Å². The number of nitrogens with one attached hydrogen (secondary N) is 2. The zero-order valence-electron chi connectivity index (χ0n) is 27.4. The smallest absolute Gasteiger partial charge is 0.328 e. The maximum atomic E-state index is 12.2. The van der Waals surface area contributed by atoms with Gasteiger partial charge in [-0.15, -0.1) is 11.7 Å². The van der Waals surface area contributed by atoms with Crippen LogP contribution in [-0.4, -0.2) is 63.2 Å². The molecule has 2 aromatic heterocycles. The quantitative estimate of drug-likeness (QED) is 0.169. The summed E-state index contributed by atoms with van der Waals surface area (Å²) in [5.74, 6) is 0.748. The highest BCUT2D eigenvalue weighted by Gasteiger charge is 2.34. The van der Waals surface area contributed by atoms with Crippen LogP contribution < -0.4 is 17.0 Å². The Balaban J connectivity index is 0.000000407. The van der Waals surface area contributed by atoms with Gasteiger partial charge in [-0.05, 0) is 49.0 Å². The fourth-order valence-electron chi connectivity index (χ4n) is 4.15. The SMILES string of the molecule is C=CCCc1nnc(NCC(=O)N2CCCC2C(=O)OC)o1.C=Cc1cccc(-c2nc(C=C)c(C=C)[nH]c2=O)c1.CC(C)C.N. The van der Waals surface area contributed by atoms with Gasteiger partial charge >= 0.3 is 12.0 Å². The second-order valence-corrected chi connectivity index (χ2v) is 10.6. The number of nitrogens with zero attached hydrogens (tertiary/aromatic N) is 4. The zero-order chi connectivity index (χ0) is 33.4. The van der Waals surface area contributed by atoms with E-state index in [4.69, 9.17) is 9.15 Å². The van der Waals surface area contributed by atoms with Crippen LogP contribution in [0.3, 0.4) is 0 Å². The molecule has 1 amide bonds. The molecule has 0 aliphatic carbocycles. The number of H-pyrrole nitrogens is 1. The topological polar surface area (TPSA) is 178 Å². The van der Waals surface area contributed by atoms with Gasteiger partial charge in [0, 0.05) is 18.5 Å². The number of hydrogen-bond donors (Lipinski definition) is 3. The van der Waals surface area contributed by atoms with Gasteiger partial charge in [0.25, 0.3) is 5.56 Å². The van der Waals surface area contributed by atoms with Crippen LogP contribution in [0, 0.1) is 5.92 Å². The Hall–Kier alpha value is -5.10. The molecule has 0 saturated carbocycles. The van der Waals surface area contributed by atoms with E-state index in [-0.39, 0.29) is 36.1 Å². The summed E-state index contributed by atoms with van der Waals surface area (Å²) in [6.07, 6.45) is 9.41. The molecular formula is C34H47N7O5. The molecule has 12 heteroatoms. The predicted octanol–water partition coefficient (Wildman–Crippen LogP) is 5.95. The molecular weight excluding hydrogens is 586 g/mol. The van der Waals surface area contributed by atoms with Crippen LogP contribution in [0.15, 0.2) is 65.9 Å². The molecule has 1 aliphatic rings. The normalized spacial score (nSPS) is 13.2. The molecule has 0 spiro atoms. The van der Waals surface area contributed by atoms with Crippen molar-refractivity contribution in [3.63, 3.8) is 0 Å². The highest BCUT2D eigenvalue weighted by molar-refractivity contribution is 5.87. The molecule has 3 aromatic rings. The number of ether oxygens (including phenoxy) is 1. The van der Waals surface area contributed by atoms with Gasteiger partial charge in [0.1, 0.15) is 11.7 Å². The summed E-state index contributed by atoms with van der Waals surface area (Å²) < 4.78 is 10.1. The van der Waals surface area contributed by atoms with Crippen molar-refractivity contribution in [2.45, 2.75) is 52.5 Å². The summed E-state index contributed by atoms with van der Waals surface area (Å²) in [6, 6.07) is 7.18. The van der Waals surface area contributed by atoms with Crippen molar-refractivity contribution in [2.75, 3.05) is 25.5 Å². The molecule has 4 rings (SSSR count). The second-order valence-electron chi connectivity index (χ2n) is 10.6. The van der Waals surface area contributed by atoms with Crippen LogP contribution >= 0.6 is 0 Å². The van der Waals surface area contributed by atoms with Gasteiger partial charge in [-0.3, -0.25) is 9.59 Å². The van der Waals surface area contributed by atoms with Crippen LogP contribution in [-0.2, 0) is 20.7 Å². The molecule has 0 bridgehead atoms. The summed E-state index contributed by atoms with van der Waals surface area (Å²) >= 11 is 0. The molecule has 1 fully saturated rings. The molecule has 1 unspecified atom stereocenters. The summed E-state index contributed by atoms with van der Waals surface area (Å²) in [5, 5.41) is 10.5. The fraction of sp³-hybridized carbons (Fsp3) is 0.353. The van der Waals surface area contributed by atoms with E-state index in [2.05, 4.69) is 72.6 Å². The van der Waals surface area contributed by atoms with Crippen molar-refractivity contribution in [2.24, 2.45) is 5.92 Å². The summed E-state index contributed by atoms with van der Waals surface area (Å²) in [4.78, 5) is 44.5. The minimum absolute atomic E-state index is 0. The lowest BCUT2D eigenvalue weighted by Gasteiger charge is -2.22. The maximum Gasteiger partial charge on any atom is 0.328 e. The second kappa shape index (κ2) is 20.0. The Kier molecular flexibility index (Phi) is 17.0. The van der Waals surface area contributed by atoms with Crippen molar-refractivity contribution in [3.8, 4) is 11.3 Å². The number of benzene rings is 1. The van der Waals surface area contributed by atoms with Crippen LogP contribution in [0.1, 0.15) is 62.9 Å². The fourth-order valence-corrected chi connectivity index (χ4v) is 4.15. The highest BCUT2D eigenvalue weighted by atomic mass is 16.5. The van der Waals surface area contributed by atoms with Crippen LogP contribution in [0.25, 0.3) is 29.5 Å². The standard InChI is InChI=1S/C16H14N2O.C14H20N4O4.C4H10.H3N/c1-4-11-8-7-9-12(10-11)15-16(19)18-14(6-3)13(5-2)17-15;1-3-4-7-11-16-17-14(22-11)15-9-12(19)18-8-5-6-10(18)13(20)21-2;1-4(2)3;/h4-10H,1-3H2,(H,18,19);3,10H,1,4-9H2,2H3,(H,15,17);4H,1-3H3;1H3. The largest absolute Gasteiger partial charge is 0.467 e. The van der Waals surface area contributed by atoms with Crippen molar-refractivity contribution in [1.82, 2.24) is 31.2 Å². The minimum atomic E-state index is -0.495. The first-order chi connectivity index (χ1) is 21.6. The van der Waals surface area contributed by atoms with Gasteiger partial charge < -0.3 is 30.5 Å². The lowest BCUT2D eigenvalue weighted by Crippen LogP contribution is -2.43. The molecule has 1 aliphatic heterocycles. The van der Waals surface area contributed by atoms with Gasteiger partial charge in [-0.1, -0.05) is 76.0 Å². The van der Waals surface area contributed by atoms with Crippen LogP contribution in [0.5, 0.6) is 0 Å². The summed E-state index contributed by atoms with van der Waals surface area (Å²) in [5.41, 5.74) is 2.98. The van der Waals surface area contributed by atoms with E-state index in [0.717, 1.165) is 29.9 Å². The lowest BCUT2D eigenvalue weighted by molar-refractivity contribution is -0.150. The van der Waals surface area contributed by atoms with Gasteiger partial charge in [-0.2, -0.15) is 0 Å². The minimum Gasteiger partial charge on any atom is -0.467 e. The first-order valence-electron chi connectivity index (χ1n) is 14.7. The number of aromatic nitrogens is 4. The van der Waals surface area contributed by atoms with Crippen molar-refractivity contribution < 1.29 is 18.7 Å². The molecule has 0 radical (unpaired) electrons. The van der Waals surface area contributed by atoms with Crippen LogP contribution in [0.4, 0.5) is 6.01 Å². The Morgan fingerprint density at radius 1 is 1.15 bits per heavy atom. The number of methoxy groups -OCH3 is 1. The Labute approximate surface area is 271 Å². The molecule has 5 N–H and O–H groups in total. The average Bonchev–Trinajstić information content (AvgIpc) is 3.72. The Bertz CT molecular complexity index is 1520. The number of aromatic amines is 1. The number of aryl methyl sites for hydroxylation is 1. The molecule has 1 saturated heterocycles. The number of likely N-dealkylation sites (tertiary alicyclic amines) is 1. The number of amides is 1. The zero-order valence-corrected chi connectivity index (χ0v) is 27.4. The average molecular weight is 634 g/mol. The van der Waals surface area contributed by atoms with Crippen LogP contribution in [0.2, 0.25) is 0 Å². The molecule has 12 nitrogen and oxygen atoms in total. The summed E-state index contributed by atoms with van der Waals surface area (Å²) in [7, 11) is 1.32. The highest BCUT2D eigenvalue weighted by Crippen LogP contribution is 2.19. The number of rotatable bonds is 11. The summed E-state index contributed by atoms with van der Waals surface area (Å²) in [6.45, 7) is 21.7. The first kappa shape index (κ1) is 38.9. The third-order valence-electron chi connectivity index (χ3n) is 6.23. The maximum absolute atomic E-state index is 12.2. The van der Waals surface area contributed by atoms with E-state index < -0.39 is 6.04 Å². The van der Waals surface area contributed by atoms with Crippen molar-refractivity contribution in [3.05, 3.63) is 89.9 Å². The third-order valence-corrected chi connectivity index (χ3v) is 6.23. The van der Waals surface area contributed by atoms with E-state index in [1.807, 2.05) is 24.3 Å². The van der Waals surface area contributed by atoms with Gasteiger partial charge in [0.15, 0.2) is 0 Å². The monoisotopic (exact) mass is 633 g/mol. The van der Waals surface area contributed by atoms with E-state index in [1.165, 1.54) is 12.0 Å². The van der Waals surface area contributed by atoms with Crippen molar-refractivity contribution in [1.29, 1.82) is 0 Å². The van der Waals surface area contributed by atoms with E-state index in [0.29, 0.717) is 42.4 Å². The number of carbonyl (C=O) groups excluding carboxylic acids is 2. The molecule has 46 heavy (non-hydrogen) atoms. The Morgan fingerprint density at radius 3 is 2.48 bits per heavy atom. The first-order valence-corrected chi connectivity index (χ1v) is 14.7. The number of esters is 1. The molecule has 1 aromatic carbocycles. The van der Waals surface area contributed by atoms with Gasteiger partial charge in [-0.25, -0.2) is 9.78 Å². The van der Waals surface area contributed by atoms with Gasteiger partial charge in [0.05, 0.1) is 25.0 Å². The Morgan fingerprint density at radius 2 is 1.87 bits per heavy atom. The molecule has 248 valence electrons. The lowest BCUT2D eigenvalue weighted by atomic mass is 10.1. The number of allylic oxidation sites excluding steroid dienone is 1.